The van der Waals surface area contributed by atoms with E-state index in [2.05, 4.69) is 40.8 Å². The fourth-order valence-corrected chi connectivity index (χ4v) is 4.79. The number of halogens is 3. The Labute approximate surface area is 225 Å². The van der Waals surface area contributed by atoms with Gasteiger partial charge in [0.25, 0.3) is 0 Å². The van der Waals surface area contributed by atoms with Gasteiger partial charge in [-0.15, -0.1) is 0 Å². The normalized spacial score (nSPS) is 16.9. The van der Waals surface area contributed by atoms with Crippen molar-refractivity contribution in [2.45, 2.75) is 38.1 Å². The number of carbonyl (C=O) groups excluding carboxylic acids is 1. The third-order valence-corrected chi connectivity index (χ3v) is 6.75. The number of aromatic nitrogens is 7. The van der Waals surface area contributed by atoms with Crippen molar-refractivity contribution in [2.75, 3.05) is 18.0 Å². The van der Waals surface area contributed by atoms with Crippen molar-refractivity contribution in [3.05, 3.63) is 48.6 Å². The number of nitrogens with zero attached hydrogens (tertiary/aromatic N) is 9. The lowest BCUT2D eigenvalue weighted by Crippen LogP contribution is -2.28. The van der Waals surface area contributed by atoms with Crippen LogP contribution in [0.3, 0.4) is 0 Å². The van der Waals surface area contributed by atoms with E-state index in [4.69, 9.17) is 0 Å². The van der Waals surface area contributed by atoms with Gasteiger partial charge in [-0.2, -0.15) is 28.8 Å². The Morgan fingerprint density at radius 1 is 1.27 bits per heavy atom. The fraction of sp³-hybridized carbons (Fsp3) is 0.360. The number of nitriles is 2. The van der Waals surface area contributed by atoms with E-state index in [-0.39, 0.29) is 35.6 Å². The Morgan fingerprint density at radius 3 is 2.85 bits per heavy atom. The maximum atomic E-state index is 12.6. The number of hydrogen-bond acceptors (Lipinski definition) is 10. The van der Waals surface area contributed by atoms with Crippen LogP contribution >= 0.6 is 0 Å². The van der Waals surface area contributed by atoms with Crippen LogP contribution in [-0.4, -0.2) is 59.9 Å². The number of esters is 1. The molecule has 0 bridgehead atoms. The summed E-state index contributed by atoms with van der Waals surface area (Å²) >= 11 is 0. The molecule has 3 atom stereocenters. The van der Waals surface area contributed by atoms with Gasteiger partial charge in [0.2, 0.25) is 0 Å². The highest BCUT2D eigenvalue weighted by molar-refractivity contribution is 5.90. The molecule has 15 heteroatoms. The van der Waals surface area contributed by atoms with Gasteiger partial charge in [0.15, 0.2) is 11.5 Å². The molecule has 2 unspecified atom stereocenters. The highest BCUT2D eigenvalue weighted by Crippen LogP contribution is 2.35. The smallest absolute Gasteiger partial charge is 0.449 e. The molecule has 1 N–H and O–H groups in total. The molecule has 0 saturated carbocycles. The zero-order valence-corrected chi connectivity index (χ0v) is 21.0. The quantitative estimate of drug-likeness (QED) is 0.336. The maximum Gasteiger partial charge on any atom is 0.490 e. The number of fused-ring (bicyclic) bond motifs is 1. The lowest BCUT2D eigenvalue weighted by Gasteiger charge is -2.23. The van der Waals surface area contributed by atoms with Crippen LogP contribution in [0.15, 0.2) is 37.2 Å². The van der Waals surface area contributed by atoms with Crippen molar-refractivity contribution in [1.29, 1.82) is 10.5 Å². The lowest BCUT2D eigenvalue weighted by atomic mass is 9.96. The molecule has 0 amide bonds. The third kappa shape index (κ3) is 5.13. The van der Waals surface area contributed by atoms with E-state index < -0.39 is 18.2 Å². The summed E-state index contributed by atoms with van der Waals surface area (Å²) in [6, 6.07) is 5.76. The number of anilines is 1. The zero-order valence-electron chi connectivity index (χ0n) is 21.0. The van der Waals surface area contributed by atoms with Crippen LogP contribution in [0.4, 0.5) is 19.0 Å². The maximum absolute atomic E-state index is 12.6. The monoisotopic (exact) mass is 550 g/mol. The zero-order chi connectivity index (χ0) is 28.4. The van der Waals surface area contributed by atoms with Crippen molar-refractivity contribution >= 4 is 22.8 Å². The van der Waals surface area contributed by atoms with Gasteiger partial charge in [-0.05, 0) is 19.4 Å². The summed E-state index contributed by atoms with van der Waals surface area (Å²) in [5.41, 5.74) is 2.00. The molecule has 5 rings (SSSR count). The van der Waals surface area contributed by atoms with Crippen molar-refractivity contribution in [3.63, 3.8) is 0 Å². The second-order valence-electron chi connectivity index (χ2n) is 9.22. The number of rotatable bonds is 7. The molecule has 40 heavy (non-hydrogen) atoms. The number of aromatic amines is 1. The summed E-state index contributed by atoms with van der Waals surface area (Å²) in [7, 11) is 0. The first kappa shape index (κ1) is 26.6. The predicted molar refractivity (Wildman–Crippen MR) is 132 cm³/mol. The largest absolute Gasteiger partial charge is 0.490 e. The molecular formula is C25H21F3N10O2. The molecule has 1 saturated heterocycles. The molecule has 4 aromatic rings. The topological polar surface area (TPSA) is 162 Å². The number of ether oxygens (including phenoxy) is 1. The van der Waals surface area contributed by atoms with Crippen molar-refractivity contribution in [2.24, 2.45) is 5.92 Å². The average molecular weight is 551 g/mol. The van der Waals surface area contributed by atoms with Crippen molar-refractivity contribution in [3.8, 4) is 23.4 Å². The van der Waals surface area contributed by atoms with E-state index >= 15 is 0 Å². The molecule has 5 heterocycles. The summed E-state index contributed by atoms with van der Waals surface area (Å²) < 4.78 is 43.8. The second kappa shape index (κ2) is 10.6. The average Bonchev–Trinajstić information content (AvgIpc) is 3.71. The Hall–Kier alpha value is -5.05. The van der Waals surface area contributed by atoms with Crippen LogP contribution in [0.25, 0.3) is 22.3 Å². The minimum Gasteiger partial charge on any atom is -0.449 e. The lowest BCUT2D eigenvalue weighted by molar-refractivity contribution is -0.204. The standard InChI is InChI=1S/C25H21F3N10O2/c1-14(40-24(39)25(26,27)28)19-10-32-23(18(8-30)36-19)37-7-4-15(11-37)20(2-5-29)38-12-16(9-35-38)21-17-3-6-31-22(17)34-13-33-21/h3,6,9-10,12-15,20H,2,4,7,11H2,1H3,(H,31,33,34)/t14?,15?,20-/m0/s1. The highest BCUT2D eigenvalue weighted by Gasteiger charge is 2.42. The minimum absolute atomic E-state index is 0.0234. The molecule has 0 radical (unpaired) electrons. The van der Waals surface area contributed by atoms with Crippen LogP contribution in [0.2, 0.25) is 0 Å². The molecule has 12 nitrogen and oxygen atoms in total. The highest BCUT2D eigenvalue weighted by atomic mass is 19.4. The molecule has 4 aromatic heterocycles. The summed E-state index contributed by atoms with van der Waals surface area (Å²) in [4.78, 5) is 33.0. The van der Waals surface area contributed by atoms with E-state index in [1.54, 1.807) is 17.1 Å². The van der Waals surface area contributed by atoms with Crippen LogP contribution < -0.4 is 4.90 Å². The molecular weight excluding hydrogens is 529 g/mol. The molecule has 1 aliphatic rings. The van der Waals surface area contributed by atoms with Crippen LogP contribution in [0.1, 0.15) is 43.3 Å². The van der Waals surface area contributed by atoms with Gasteiger partial charge in [0.1, 0.15) is 29.8 Å². The molecule has 0 aromatic carbocycles. The number of hydrogen-bond donors (Lipinski definition) is 1. The summed E-state index contributed by atoms with van der Waals surface area (Å²) in [6.07, 6.45) is 2.33. The van der Waals surface area contributed by atoms with Gasteiger partial charge in [-0.25, -0.2) is 24.7 Å². The molecule has 204 valence electrons. The van der Waals surface area contributed by atoms with Crippen molar-refractivity contribution in [1.82, 2.24) is 34.7 Å². The van der Waals surface area contributed by atoms with Gasteiger partial charge in [-0.3, -0.25) is 4.68 Å². The van der Waals surface area contributed by atoms with E-state index in [0.29, 0.717) is 30.9 Å². The van der Waals surface area contributed by atoms with E-state index in [9.17, 15) is 28.5 Å². The third-order valence-electron chi connectivity index (χ3n) is 6.75. The SMILES string of the molecule is CC(OC(=O)C(F)(F)F)c1cnc(N2CCC([C@H](CC#N)n3cc(-c4ncnc5[nH]ccc45)cn3)C2)c(C#N)n1. The summed E-state index contributed by atoms with van der Waals surface area (Å²) in [6.45, 7) is 2.17. The van der Waals surface area contributed by atoms with Gasteiger partial charge in [0, 0.05) is 42.4 Å². The van der Waals surface area contributed by atoms with Gasteiger partial charge in [0.05, 0.1) is 36.6 Å². The summed E-state index contributed by atoms with van der Waals surface area (Å²) in [5.74, 6) is -2.12. The Kier molecular flexibility index (Phi) is 7.04. The number of nitrogens with one attached hydrogen (secondary N) is 1. The predicted octanol–water partition coefficient (Wildman–Crippen LogP) is 3.63. The first-order chi connectivity index (χ1) is 19.2. The molecule has 0 aliphatic carbocycles. The van der Waals surface area contributed by atoms with Crippen LogP contribution in [-0.2, 0) is 9.53 Å². The van der Waals surface area contributed by atoms with E-state index in [0.717, 1.165) is 10.9 Å². The second-order valence-corrected chi connectivity index (χ2v) is 9.22. The molecule has 0 spiro atoms. The minimum atomic E-state index is -5.15. The van der Waals surface area contributed by atoms with Gasteiger partial charge < -0.3 is 14.6 Å². The van der Waals surface area contributed by atoms with Crippen LogP contribution in [0, 0.1) is 28.6 Å². The first-order valence-electron chi connectivity index (χ1n) is 12.2. The first-order valence-corrected chi connectivity index (χ1v) is 12.2. The molecule has 1 fully saturated rings. The Bertz CT molecular complexity index is 1630. The summed E-state index contributed by atoms with van der Waals surface area (Å²) in [5, 5.41) is 24.6. The number of alkyl halides is 3. The van der Waals surface area contributed by atoms with Crippen LogP contribution in [0.5, 0.6) is 0 Å². The number of H-pyrrole nitrogens is 1. The number of carbonyl (C=O) groups is 1. The fourth-order valence-electron chi connectivity index (χ4n) is 4.79. The Balaban J connectivity index is 1.34. The van der Waals surface area contributed by atoms with E-state index in [1.807, 2.05) is 23.2 Å². The van der Waals surface area contributed by atoms with E-state index in [1.165, 1.54) is 19.4 Å². The van der Waals surface area contributed by atoms with Gasteiger partial charge >= 0.3 is 12.1 Å². The Morgan fingerprint density at radius 2 is 2.10 bits per heavy atom. The van der Waals surface area contributed by atoms with Gasteiger partial charge in [-0.1, -0.05) is 0 Å². The van der Waals surface area contributed by atoms with Crippen molar-refractivity contribution < 1.29 is 22.7 Å². The molecule has 1 aliphatic heterocycles.